The zero-order valence-electron chi connectivity index (χ0n) is 9.72. The van der Waals surface area contributed by atoms with Gasteiger partial charge < -0.3 is 4.90 Å². The Labute approximate surface area is 101 Å². The Morgan fingerprint density at radius 1 is 1.18 bits per heavy atom. The van der Waals surface area contributed by atoms with Gasteiger partial charge in [0, 0.05) is 37.9 Å². The lowest BCUT2D eigenvalue weighted by molar-refractivity contribution is -0.119. The van der Waals surface area contributed by atoms with E-state index in [1.54, 1.807) is 18.2 Å². The minimum atomic E-state index is -3.17. The fraction of sp³-hybridized carbons (Fsp3) is 0.417. The van der Waals surface area contributed by atoms with Gasteiger partial charge in [0.05, 0.1) is 4.90 Å². The average Bonchev–Trinajstić information content (AvgIpc) is 2.29. The standard InChI is InChI=1S/C12H15NO3S/c1-17(15,16)12-4-2-3-10(9-12)13-7-5-11(14)6-8-13/h2-4,9H,5-8H2,1H3. The maximum absolute atomic E-state index is 11.4. The van der Waals surface area contributed by atoms with Crippen molar-refractivity contribution in [1.29, 1.82) is 0 Å². The Balaban J connectivity index is 2.25. The molecule has 2 rings (SSSR count). The first kappa shape index (κ1) is 12.1. The molecule has 1 fully saturated rings. The van der Waals surface area contributed by atoms with Crippen LogP contribution in [0.4, 0.5) is 5.69 Å². The molecule has 0 aliphatic carbocycles. The molecule has 0 aromatic heterocycles. The Bertz CT molecular complexity index is 526. The van der Waals surface area contributed by atoms with Crippen molar-refractivity contribution < 1.29 is 13.2 Å². The van der Waals surface area contributed by atoms with Gasteiger partial charge in [-0.2, -0.15) is 0 Å². The SMILES string of the molecule is CS(=O)(=O)c1cccc(N2CCC(=O)CC2)c1. The van der Waals surface area contributed by atoms with Crippen molar-refractivity contribution in [2.45, 2.75) is 17.7 Å². The lowest BCUT2D eigenvalue weighted by atomic mass is 10.1. The van der Waals surface area contributed by atoms with Crippen LogP contribution in [0.2, 0.25) is 0 Å². The second-order valence-corrected chi connectivity index (χ2v) is 6.31. The number of hydrogen-bond donors (Lipinski definition) is 0. The third-order valence-electron chi connectivity index (χ3n) is 2.93. The molecule has 0 spiro atoms. The van der Waals surface area contributed by atoms with Gasteiger partial charge in [0.1, 0.15) is 5.78 Å². The third-order valence-corrected chi connectivity index (χ3v) is 4.04. The summed E-state index contributed by atoms with van der Waals surface area (Å²) in [7, 11) is -3.17. The summed E-state index contributed by atoms with van der Waals surface area (Å²) in [6.07, 6.45) is 2.29. The summed E-state index contributed by atoms with van der Waals surface area (Å²) in [5, 5.41) is 0. The number of piperidine rings is 1. The maximum atomic E-state index is 11.4. The summed E-state index contributed by atoms with van der Waals surface area (Å²) in [6, 6.07) is 6.88. The Morgan fingerprint density at radius 3 is 2.41 bits per heavy atom. The number of nitrogens with zero attached hydrogens (tertiary/aromatic N) is 1. The normalized spacial score (nSPS) is 17.2. The monoisotopic (exact) mass is 253 g/mol. The van der Waals surface area contributed by atoms with Crippen molar-refractivity contribution in [3.05, 3.63) is 24.3 Å². The van der Waals surface area contributed by atoms with E-state index in [1.165, 1.54) is 6.26 Å². The molecule has 1 aliphatic rings. The molecule has 1 aliphatic heterocycles. The van der Waals surface area contributed by atoms with Crippen LogP contribution in [-0.4, -0.2) is 33.5 Å². The van der Waals surface area contributed by atoms with Crippen molar-refractivity contribution in [3.63, 3.8) is 0 Å². The molecule has 0 N–H and O–H groups in total. The van der Waals surface area contributed by atoms with Gasteiger partial charge in [0.2, 0.25) is 0 Å². The van der Waals surface area contributed by atoms with Crippen LogP contribution in [0.3, 0.4) is 0 Å². The van der Waals surface area contributed by atoms with Crippen molar-refractivity contribution in [1.82, 2.24) is 0 Å². The summed E-state index contributed by atoms with van der Waals surface area (Å²) in [4.78, 5) is 13.5. The van der Waals surface area contributed by atoms with E-state index in [0.29, 0.717) is 30.8 Å². The van der Waals surface area contributed by atoms with Crippen molar-refractivity contribution in [2.75, 3.05) is 24.2 Å². The highest BCUT2D eigenvalue weighted by molar-refractivity contribution is 7.90. The van der Waals surface area contributed by atoms with E-state index in [0.717, 1.165) is 5.69 Å². The van der Waals surface area contributed by atoms with E-state index in [1.807, 2.05) is 6.07 Å². The molecule has 0 amide bonds. The zero-order chi connectivity index (χ0) is 12.5. The highest BCUT2D eigenvalue weighted by Crippen LogP contribution is 2.21. The highest BCUT2D eigenvalue weighted by Gasteiger charge is 2.17. The van der Waals surface area contributed by atoms with Crippen LogP contribution in [0.15, 0.2) is 29.2 Å². The van der Waals surface area contributed by atoms with Crippen LogP contribution in [0.5, 0.6) is 0 Å². The topological polar surface area (TPSA) is 54.5 Å². The van der Waals surface area contributed by atoms with Crippen LogP contribution in [0.1, 0.15) is 12.8 Å². The number of sulfone groups is 1. The van der Waals surface area contributed by atoms with Gasteiger partial charge in [-0.25, -0.2) is 8.42 Å². The van der Waals surface area contributed by atoms with Gasteiger partial charge >= 0.3 is 0 Å². The number of hydrogen-bond acceptors (Lipinski definition) is 4. The molecule has 17 heavy (non-hydrogen) atoms. The molecule has 0 bridgehead atoms. The molecule has 92 valence electrons. The number of carbonyl (C=O) groups excluding carboxylic acids is 1. The lowest BCUT2D eigenvalue weighted by Gasteiger charge is -2.28. The minimum absolute atomic E-state index is 0.278. The number of carbonyl (C=O) groups is 1. The van der Waals surface area contributed by atoms with Crippen LogP contribution in [0.25, 0.3) is 0 Å². The van der Waals surface area contributed by atoms with Crippen molar-refractivity contribution in [3.8, 4) is 0 Å². The first-order chi connectivity index (χ1) is 7.97. The maximum Gasteiger partial charge on any atom is 0.175 e. The second kappa shape index (κ2) is 4.49. The van der Waals surface area contributed by atoms with E-state index in [4.69, 9.17) is 0 Å². The summed E-state index contributed by atoms with van der Waals surface area (Å²) in [6.45, 7) is 1.35. The van der Waals surface area contributed by atoms with E-state index >= 15 is 0 Å². The van der Waals surface area contributed by atoms with Gasteiger partial charge in [0.25, 0.3) is 0 Å². The largest absolute Gasteiger partial charge is 0.371 e. The van der Waals surface area contributed by atoms with Gasteiger partial charge in [-0.05, 0) is 18.2 Å². The first-order valence-corrected chi connectivity index (χ1v) is 7.43. The molecule has 0 saturated carbocycles. The number of Topliss-reactive ketones (excluding diaryl/α,β-unsaturated/α-hetero) is 1. The summed E-state index contributed by atoms with van der Waals surface area (Å²) in [5.41, 5.74) is 0.875. The van der Waals surface area contributed by atoms with Crippen LogP contribution >= 0.6 is 0 Å². The summed E-state index contributed by atoms with van der Waals surface area (Å²) < 4.78 is 22.9. The van der Waals surface area contributed by atoms with Gasteiger partial charge in [-0.3, -0.25) is 4.79 Å². The predicted molar refractivity (Wildman–Crippen MR) is 66.0 cm³/mol. The second-order valence-electron chi connectivity index (χ2n) is 4.30. The lowest BCUT2D eigenvalue weighted by Crippen LogP contribution is -2.33. The van der Waals surface area contributed by atoms with Crippen LogP contribution in [-0.2, 0) is 14.6 Å². The molecule has 1 aromatic rings. The molecule has 1 aromatic carbocycles. The molecule has 0 unspecified atom stereocenters. The average molecular weight is 253 g/mol. The zero-order valence-corrected chi connectivity index (χ0v) is 10.5. The smallest absolute Gasteiger partial charge is 0.175 e. The van der Waals surface area contributed by atoms with E-state index < -0.39 is 9.84 Å². The van der Waals surface area contributed by atoms with Gasteiger partial charge in [0.15, 0.2) is 9.84 Å². The van der Waals surface area contributed by atoms with Crippen molar-refractivity contribution >= 4 is 21.3 Å². The minimum Gasteiger partial charge on any atom is -0.371 e. The molecular formula is C12H15NO3S. The van der Waals surface area contributed by atoms with Gasteiger partial charge in [-0.1, -0.05) is 6.07 Å². The van der Waals surface area contributed by atoms with Crippen LogP contribution < -0.4 is 4.90 Å². The Hall–Kier alpha value is -1.36. The Kier molecular flexibility index (Phi) is 3.19. The fourth-order valence-corrected chi connectivity index (χ4v) is 2.59. The highest BCUT2D eigenvalue weighted by atomic mass is 32.2. The fourth-order valence-electron chi connectivity index (χ4n) is 1.93. The molecule has 4 nitrogen and oxygen atoms in total. The van der Waals surface area contributed by atoms with E-state index in [2.05, 4.69) is 4.90 Å². The first-order valence-electron chi connectivity index (χ1n) is 5.53. The molecule has 0 radical (unpaired) electrons. The number of benzene rings is 1. The van der Waals surface area contributed by atoms with E-state index in [-0.39, 0.29) is 5.78 Å². The molecule has 1 saturated heterocycles. The molecule has 5 heteroatoms. The number of anilines is 1. The van der Waals surface area contributed by atoms with Crippen molar-refractivity contribution in [2.24, 2.45) is 0 Å². The summed E-state index contributed by atoms with van der Waals surface area (Å²) >= 11 is 0. The molecule has 1 heterocycles. The van der Waals surface area contributed by atoms with Gasteiger partial charge in [-0.15, -0.1) is 0 Å². The third kappa shape index (κ3) is 2.85. The Morgan fingerprint density at radius 2 is 1.82 bits per heavy atom. The number of ketones is 1. The van der Waals surface area contributed by atoms with E-state index in [9.17, 15) is 13.2 Å². The molecular weight excluding hydrogens is 238 g/mol. The predicted octanol–water partition coefficient (Wildman–Crippen LogP) is 1.26. The quantitative estimate of drug-likeness (QED) is 0.796. The molecule has 0 atom stereocenters. The van der Waals surface area contributed by atoms with Crippen LogP contribution in [0, 0.1) is 0 Å². The summed E-state index contributed by atoms with van der Waals surface area (Å²) in [5.74, 6) is 0.278. The number of rotatable bonds is 2.